The van der Waals surface area contributed by atoms with Crippen molar-refractivity contribution in [2.24, 2.45) is 11.8 Å². The number of aromatic nitrogens is 6. The Kier molecular flexibility index (Phi) is 6.37. The minimum atomic E-state index is 0.483. The predicted molar refractivity (Wildman–Crippen MR) is 133 cm³/mol. The number of fused-ring (bicyclic) bond motifs is 3. The van der Waals surface area contributed by atoms with Gasteiger partial charge in [0.15, 0.2) is 5.82 Å². The summed E-state index contributed by atoms with van der Waals surface area (Å²) in [5.74, 6) is 3.82. The van der Waals surface area contributed by atoms with Crippen molar-refractivity contribution in [2.45, 2.75) is 102 Å². The lowest BCUT2D eigenvalue weighted by atomic mass is 9.76. The molecule has 3 aromatic rings. The second kappa shape index (κ2) is 9.76. The van der Waals surface area contributed by atoms with Crippen LogP contribution >= 0.6 is 0 Å². The maximum atomic E-state index is 5.03. The third-order valence-corrected chi connectivity index (χ3v) is 8.93. The molecule has 6 rings (SSSR count). The number of imidazole rings is 1. The molecule has 3 aliphatic rings. The number of aromatic amines is 1. The maximum absolute atomic E-state index is 5.03. The smallest absolute Gasteiger partial charge is 0.156 e. The lowest BCUT2D eigenvalue weighted by molar-refractivity contribution is 0.0233. The van der Waals surface area contributed by atoms with Crippen molar-refractivity contribution in [3.63, 3.8) is 0 Å². The lowest BCUT2D eigenvalue weighted by Gasteiger charge is -2.48. The zero-order valence-electron chi connectivity index (χ0n) is 20.6. The summed E-state index contributed by atoms with van der Waals surface area (Å²) in [5.41, 5.74) is 2.33. The number of nitrogens with zero attached hydrogens (tertiary/aromatic N) is 6. The van der Waals surface area contributed by atoms with Crippen LogP contribution in [0.4, 0.5) is 0 Å². The highest BCUT2D eigenvalue weighted by Crippen LogP contribution is 2.43. The van der Waals surface area contributed by atoms with Crippen LogP contribution in [0.5, 0.6) is 0 Å². The minimum absolute atomic E-state index is 0.483. The summed E-state index contributed by atoms with van der Waals surface area (Å²) >= 11 is 0. The number of nitrogens with one attached hydrogen (secondary N) is 1. The summed E-state index contributed by atoms with van der Waals surface area (Å²) in [7, 11) is 0. The second-order valence-corrected chi connectivity index (χ2v) is 11.1. The summed E-state index contributed by atoms with van der Waals surface area (Å²) in [6.07, 6.45) is 15.9. The second-order valence-electron chi connectivity index (χ2n) is 11.1. The first-order valence-electron chi connectivity index (χ1n) is 13.7. The zero-order valence-corrected chi connectivity index (χ0v) is 20.6. The normalized spacial score (nSPS) is 30.4. The first kappa shape index (κ1) is 22.2. The van der Waals surface area contributed by atoms with E-state index in [1.54, 1.807) is 0 Å². The number of tetrazole rings is 1. The van der Waals surface area contributed by atoms with Gasteiger partial charge in [-0.2, -0.15) is 0 Å². The average molecular weight is 462 g/mol. The summed E-state index contributed by atoms with van der Waals surface area (Å²) < 4.78 is 2.53. The van der Waals surface area contributed by atoms with Gasteiger partial charge in [0.2, 0.25) is 0 Å². The third-order valence-electron chi connectivity index (χ3n) is 8.93. The molecule has 1 N–H and O–H groups in total. The Morgan fingerprint density at radius 1 is 0.971 bits per heavy atom. The maximum Gasteiger partial charge on any atom is 0.156 e. The summed E-state index contributed by atoms with van der Waals surface area (Å²) in [6.45, 7) is 3.58. The van der Waals surface area contributed by atoms with E-state index in [1.165, 1.54) is 82.7 Å². The highest BCUT2D eigenvalue weighted by Gasteiger charge is 2.39. The molecule has 3 heterocycles. The van der Waals surface area contributed by atoms with E-state index in [0.29, 0.717) is 18.5 Å². The molecule has 5 atom stereocenters. The molecule has 0 amide bonds. The topological polar surface area (TPSA) is 75.5 Å². The Hall–Kier alpha value is -2.28. The van der Waals surface area contributed by atoms with Crippen LogP contribution in [0.25, 0.3) is 11.0 Å². The van der Waals surface area contributed by atoms with Gasteiger partial charge in [-0.05, 0) is 72.9 Å². The minimum Gasteiger partial charge on any atom is -0.324 e. The number of para-hydroxylation sites is 2. The third kappa shape index (κ3) is 4.39. The molecule has 34 heavy (non-hydrogen) atoms. The van der Waals surface area contributed by atoms with E-state index in [4.69, 9.17) is 4.98 Å². The molecule has 1 saturated heterocycles. The van der Waals surface area contributed by atoms with Crippen molar-refractivity contribution >= 4 is 11.0 Å². The quantitative estimate of drug-likeness (QED) is 0.539. The molecule has 2 bridgehead atoms. The number of rotatable bonds is 6. The fourth-order valence-corrected chi connectivity index (χ4v) is 7.55. The van der Waals surface area contributed by atoms with Gasteiger partial charge in [-0.1, -0.05) is 51.2 Å². The molecule has 2 aromatic heterocycles. The van der Waals surface area contributed by atoms with Gasteiger partial charge in [-0.15, -0.1) is 5.10 Å². The van der Waals surface area contributed by atoms with Gasteiger partial charge in [0.05, 0.1) is 17.5 Å². The monoisotopic (exact) mass is 461 g/mol. The van der Waals surface area contributed by atoms with Crippen LogP contribution in [0.3, 0.4) is 0 Å². The zero-order chi connectivity index (χ0) is 22.9. The van der Waals surface area contributed by atoms with Crippen molar-refractivity contribution in [2.75, 3.05) is 6.54 Å². The van der Waals surface area contributed by atoms with Crippen LogP contribution in [0.2, 0.25) is 0 Å². The molecule has 7 nitrogen and oxygen atoms in total. The standard InChI is InChI=1S/C27H39N7/c1-2-7-21-17-22(12-13-33(21)23-15-19-8-3-4-9-20(14-19)16-23)34-25-11-6-5-10-24(25)28-27(34)18-26-29-31-32-30-26/h5-6,10-11,19-23H,2-4,7-9,12-18H2,1H3,(H,29,30,31,32)/t19-,20+,21-,22-,23-/m1/s1. The largest absolute Gasteiger partial charge is 0.324 e. The first-order chi connectivity index (χ1) is 16.8. The SMILES string of the molecule is CCC[C@@H]1C[C@H](n2c(Cc3nnn[nH]3)nc3ccccc32)CCN1[C@@H]1C[C@@H]2CCCC[C@@H](C2)C1. The molecule has 1 aromatic carbocycles. The number of hydrogen-bond donors (Lipinski definition) is 1. The van der Waals surface area contributed by atoms with Crippen molar-refractivity contribution in [3.8, 4) is 0 Å². The molecule has 0 unspecified atom stereocenters. The van der Waals surface area contributed by atoms with Gasteiger partial charge < -0.3 is 4.57 Å². The van der Waals surface area contributed by atoms with E-state index in [1.807, 2.05) is 0 Å². The van der Waals surface area contributed by atoms with Crippen LogP contribution < -0.4 is 0 Å². The van der Waals surface area contributed by atoms with Gasteiger partial charge in [0.25, 0.3) is 0 Å². The number of piperidine rings is 1. The van der Waals surface area contributed by atoms with Crippen LogP contribution in [-0.4, -0.2) is 53.7 Å². The van der Waals surface area contributed by atoms with E-state index in [-0.39, 0.29) is 0 Å². The van der Waals surface area contributed by atoms with Crippen LogP contribution in [-0.2, 0) is 6.42 Å². The Morgan fingerprint density at radius 3 is 2.56 bits per heavy atom. The summed E-state index contributed by atoms with van der Waals surface area (Å²) in [4.78, 5) is 7.99. The summed E-state index contributed by atoms with van der Waals surface area (Å²) in [6, 6.07) is 10.6. The Labute approximate surface area is 202 Å². The molecular formula is C27H39N7. The number of hydrogen-bond acceptors (Lipinski definition) is 5. The fraction of sp³-hybridized carbons (Fsp3) is 0.704. The van der Waals surface area contributed by atoms with E-state index < -0.39 is 0 Å². The van der Waals surface area contributed by atoms with Crippen LogP contribution in [0.15, 0.2) is 24.3 Å². The van der Waals surface area contributed by atoms with Gasteiger partial charge in [0.1, 0.15) is 5.82 Å². The average Bonchev–Trinajstić information content (AvgIpc) is 3.45. The Bertz CT molecular complexity index is 1060. The predicted octanol–water partition coefficient (Wildman–Crippen LogP) is 5.30. The van der Waals surface area contributed by atoms with E-state index in [2.05, 4.69) is 61.3 Å². The van der Waals surface area contributed by atoms with E-state index in [0.717, 1.165) is 35.0 Å². The number of likely N-dealkylation sites (tertiary alicyclic amines) is 1. The van der Waals surface area contributed by atoms with Crippen LogP contribution in [0, 0.1) is 11.8 Å². The molecule has 3 fully saturated rings. The molecule has 2 saturated carbocycles. The lowest BCUT2D eigenvalue weighted by Crippen LogP contribution is -2.51. The molecule has 1 aliphatic heterocycles. The van der Waals surface area contributed by atoms with Gasteiger partial charge in [-0.25, -0.2) is 10.1 Å². The van der Waals surface area contributed by atoms with Crippen molar-refractivity contribution in [1.82, 2.24) is 35.1 Å². The highest BCUT2D eigenvalue weighted by atomic mass is 15.5. The molecule has 0 radical (unpaired) electrons. The molecular weight excluding hydrogens is 422 g/mol. The van der Waals surface area contributed by atoms with Gasteiger partial charge in [0, 0.05) is 24.7 Å². The van der Waals surface area contributed by atoms with Crippen LogP contribution in [0.1, 0.15) is 95.2 Å². The number of benzene rings is 1. The molecule has 0 spiro atoms. The summed E-state index contributed by atoms with van der Waals surface area (Å²) in [5, 5.41) is 14.6. The van der Waals surface area contributed by atoms with E-state index >= 15 is 0 Å². The van der Waals surface area contributed by atoms with Gasteiger partial charge >= 0.3 is 0 Å². The first-order valence-corrected chi connectivity index (χ1v) is 13.7. The number of H-pyrrole nitrogens is 1. The van der Waals surface area contributed by atoms with Crippen molar-refractivity contribution in [1.29, 1.82) is 0 Å². The van der Waals surface area contributed by atoms with Gasteiger partial charge in [-0.3, -0.25) is 4.90 Å². The van der Waals surface area contributed by atoms with Crippen molar-refractivity contribution < 1.29 is 0 Å². The van der Waals surface area contributed by atoms with Crippen molar-refractivity contribution in [3.05, 3.63) is 35.9 Å². The fourth-order valence-electron chi connectivity index (χ4n) is 7.55. The van der Waals surface area contributed by atoms with E-state index in [9.17, 15) is 0 Å². The highest BCUT2D eigenvalue weighted by molar-refractivity contribution is 5.76. The Morgan fingerprint density at radius 2 is 1.79 bits per heavy atom. The molecule has 2 aliphatic carbocycles. The Balaban J connectivity index is 1.27. The molecule has 7 heteroatoms. The molecule has 182 valence electrons.